The fourth-order valence-corrected chi connectivity index (χ4v) is 8.22. The van der Waals surface area contributed by atoms with E-state index in [2.05, 4.69) is 20.0 Å². The second-order valence-corrected chi connectivity index (χ2v) is 15.5. The Morgan fingerprint density at radius 2 is 1.28 bits per heavy atom. The molecule has 3 aromatic rings. The van der Waals surface area contributed by atoms with E-state index in [1.165, 1.54) is 12.1 Å². The van der Waals surface area contributed by atoms with Crippen molar-refractivity contribution in [2.24, 2.45) is 11.7 Å². The molecule has 5 atom stereocenters. The number of nitrogens with two attached hydrogens (primary N) is 1. The Balaban J connectivity index is 0.000000239. The molecule has 12 nitrogen and oxygen atoms in total. The Hall–Kier alpha value is -2.28. The van der Waals surface area contributed by atoms with Crippen LogP contribution < -0.4 is 86.3 Å². The molecule has 5 aliphatic heterocycles. The molecule has 5 heterocycles. The molecule has 1 unspecified atom stereocenters. The van der Waals surface area contributed by atoms with Crippen molar-refractivity contribution in [3.05, 3.63) is 76.3 Å². The van der Waals surface area contributed by atoms with Gasteiger partial charge in [-0.05, 0) is 107 Å². The quantitative estimate of drug-likeness (QED) is 0.209. The van der Waals surface area contributed by atoms with Crippen LogP contribution in [-0.2, 0) is 4.79 Å². The van der Waals surface area contributed by atoms with E-state index in [4.69, 9.17) is 36.3 Å². The normalized spacial score (nSPS) is 21.2. The molecule has 0 spiro atoms. The summed E-state index contributed by atoms with van der Waals surface area (Å²) in [5, 5.41) is 25.3. The number of aliphatic hydroxyl groups excluding tert-OH is 2. The van der Waals surface area contributed by atoms with Crippen molar-refractivity contribution in [1.29, 1.82) is 0 Å². The summed E-state index contributed by atoms with van der Waals surface area (Å²) in [6, 6.07) is 12.7. The number of nitrogens with zero attached hydrogens (tertiary/aromatic N) is 3. The molecule has 0 bridgehead atoms. The molecule has 0 saturated carbocycles. The summed E-state index contributed by atoms with van der Waals surface area (Å²) in [7, 11) is 0. The summed E-state index contributed by atoms with van der Waals surface area (Å²) in [4.78, 5) is 19.9. The molecule has 16 heteroatoms. The number of aliphatic hydroxyl groups is 2. The molecule has 3 saturated heterocycles. The van der Waals surface area contributed by atoms with Gasteiger partial charge < -0.3 is 56.3 Å². The molecule has 57 heavy (non-hydrogen) atoms. The number of likely N-dealkylation sites (tertiary alicyclic amines) is 2. The smallest absolute Gasteiger partial charge is 1.00 e. The van der Waals surface area contributed by atoms with Crippen molar-refractivity contribution >= 4 is 23.2 Å². The van der Waals surface area contributed by atoms with Gasteiger partial charge in [-0.25, -0.2) is 8.78 Å². The predicted molar refractivity (Wildman–Crippen MR) is 209 cm³/mol. The average Bonchev–Trinajstić information content (AvgIpc) is 4.03. The Bertz CT molecular complexity index is 1810. The van der Waals surface area contributed by atoms with E-state index in [9.17, 15) is 19.4 Å². The van der Waals surface area contributed by atoms with E-state index >= 15 is 4.39 Å². The van der Waals surface area contributed by atoms with Crippen molar-refractivity contribution in [3.8, 4) is 23.0 Å². The molecule has 306 valence electrons. The third kappa shape index (κ3) is 10.9. The number of rotatable bonds is 11. The van der Waals surface area contributed by atoms with E-state index in [1.807, 2.05) is 24.3 Å². The maximum absolute atomic E-state index is 15.3. The first-order valence-electron chi connectivity index (χ1n) is 19.7. The zero-order valence-corrected chi connectivity index (χ0v) is 36.4. The summed E-state index contributed by atoms with van der Waals surface area (Å²) in [6.07, 6.45) is 2.90. The second-order valence-electron chi connectivity index (χ2n) is 15.1. The van der Waals surface area contributed by atoms with Crippen LogP contribution >= 0.6 is 11.6 Å². The maximum atomic E-state index is 15.3. The number of amides is 1. The maximum Gasteiger partial charge on any atom is 1.00 e. The molecule has 0 aromatic heterocycles. The number of benzene rings is 3. The van der Waals surface area contributed by atoms with E-state index in [1.54, 1.807) is 12.1 Å². The standard InChI is InChI=1S/C26H31ClFN3O4.C15H21FN2O3.K.H/c27-18-3-5-19(6-4-18)31-12-9-17(15-31)26(33)29-21(16-30-10-1-2-11-30)24(32)20-7-8-22-25(23(20)28)35-14-13-34-22;16-13-10(3-4-12-15(13)21-8-7-20-12)14(19)11(17)9-18-5-1-2-6-18;;/h3-8,17,21,24,32H,1-2,9-16H2,(H,29,33);3-4,11,14,19H,1-2,5-9,17H2;;/q;;+1;-1/t17-,21-,24-;11-,14?;;/m11../s1. The summed E-state index contributed by atoms with van der Waals surface area (Å²) in [5.74, 6) is -0.742. The fourth-order valence-electron chi connectivity index (χ4n) is 8.09. The van der Waals surface area contributed by atoms with Gasteiger partial charge in [0.25, 0.3) is 0 Å². The van der Waals surface area contributed by atoms with Crippen molar-refractivity contribution in [2.75, 3.05) is 83.7 Å². The number of nitrogens with one attached hydrogen (secondary N) is 1. The van der Waals surface area contributed by atoms with Crippen LogP contribution in [0, 0.1) is 17.6 Å². The minimum absolute atomic E-state index is 0. The molecule has 3 aromatic carbocycles. The molecule has 0 radical (unpaired) electrons. The van der Waals surface area contributed by atoms with Crippen molar-refractivity contribution in [1.82, 2.24) is 15.1 Å². The van der Waals surface area contributed by atoms with Crippen LogP contribution in [0.1, 0.15) is 56.9 Å². The fraction of sp³-hybridized carbons (Fsp3) is 0.537. The van der Waals surface area contributed by atoms with Crippen molar-refractivity contribution in [2.45, 2.75) is 56.4 Å². The van der Waals surface area contributed by atoms with Crippen LogP contribution in [0.15, 0.2) is 48.5 Å². The third-order valence-electron chi connectivity index (χ3n) is 11.2. The van der Waals surface area contributed by atoms with Gasteiger partial charge in [0.15, 0.2) is 34.6 Å². The monoisotopic (exact) mass is 839 g/mol. The van der Waals surface area contributed by atoms with Crippen molar-refractivity contribution < 1.29 is 95.5 Å². The summed E-state index contributed by atoms with van der Waals surface area (Å²) in [6.45, 7) is 7.46. The summed E-state index contributed by atoms with van der Waals surface area (Å²) in [5.41, 5.74) is 7.35. The topological polar surface area (TPSA) is 142 Å². The first-order chi connectivity index (χ1) is 27.2. The SMILES string of the molecule is N[C@H](CN1CCCC1)C(O)c1ccc2c(c1F)OCCO2.O=C(N[C@H](CN1CCCC1)[C@H](O)c1ccc2c(c1F)OCCO2)[C@@H]1CCN(c2ccc(Cl)cc2)C1.[H-].[K+]. The van der Waals surface area contributed by atoms with E-state index in [-0.39, 0.29) is 93.9 Å². The van der Waals surface area contributed by atoms with Gasteiger partial charge >= 0.3 is 51.4 Å². The zero-order valence-electron chi connectivity index (χ0n) is 33.5. The van der Waals surface area contributed by atoms with Crippen LogP contribution in [0.25, 0.3) is 0 Å². The molecule has 5 N–H and O–H groups in total. The van der Waals surface area contributed by atoms with Gasteiger partial charge in [0, 0.05) is 54.1 Å². The van der Waals surface area contributed by atoms with Crippen LogP contribution in [0.3, 0.4) is 0 Å². The van der Waals surface area contributed by atoms with E-state index in [0.29, 0.717) is 62.4 Å². The van der Waals surface area contributed by atoms with Crippen LogP contribution in [0.5, 0.6) is 23.0 Å². The Labute approximate surface area is 381 Å². The van der Waals surface area contributed by atoms with E-state index < -0.39 is 35.9 Å². The van der Waals surface area contributed by atoms with Crippen molar-refractivity contribution in [3.63, 3.8) is 0 Å². The number of carbonyl (C=O) groups is 1. The van der Waals surface area contributed by atoms with Crippen LogP contribution in [0.4, 0.5) is 14.5 Å². The Morgan fingerprint density at radius 1 is 0.772 bits per heavy atom. The molecule has 5 aliphatic rings. The summed E-state index contributed by atoms with van der Waals surface area (Å²) < 4.78 is 51.3. The number of ether oxygens (including phenoxy) is 4. The predicted octanol–water partition coefficient (Wildman–Crippen LogP) is 1.56. The first kappa shape index (κ1) is 44.3. The molecular formula is C41H53ClF2KN5O7. The molecule has 3 fully saturated rings. The van der Waals surface area contributed by atoms with Gasteiger partial charge in [-0.1, -0.05) is 11.6 Å². The van der Waals surface area contributed by atoms with Crippen LogP contribution in [0.2, 0.25) is 5.02 Å². The Morgan fingerprint density at radius 3 is 1.84 bits per heavy atom. The number of fused-ring (bicyclic) bond motifs is 2. The number of hydrogen-bond donors (Lipinski definition) is 4. The van der Waals surface area contributed by atoms with Gasteiger partial charge in [-0.2, -0.15) is 0 Å². The molecule has 1 amide bonds. The number of hydrogen-bond acceptors (Lipinski definition) is 11. The van der Waals surface area contributed by atoms with Crippen LogP contribution in [-0.4, -0.2) is 117 Å². The minimum atomic E-state index is -1.22. The van der Waals surface area contributed by atoms with Gasteiger partial charge in [-0.15, -0.1) is 0 Å². The average molecular weight is 840 g/mol. The second kappa shape index (κ2) is 20.8. The molecule has 8 rings (SSSR count). The third-order valence-corrected chi connectivity index (χ3v) is 11.4. The number of halogens is 3. The minimum Gasteiger partial charge on any atom is -1.00 e. The zero-order chi connectivity index (χ0) is 39.2. The molecular weight excluding hydrogens is 787 g/mol. The first-order valence-corrected chi connectivity index (χ1v) is 20.1. The number of carbonyl (C=O) groups excluding carboxylic acids is 1. The summed E-state index contributed by atoms with van der Waals surface area (Å²) >= 11 is 6.00. The molecule has 0 aliphatic carbocycles. The Kier molecular flexibility index (Phi) is 16.2. The van der Waals surface area contributed by atoms with Gasteiger partial charge in [0.2, 0.25) is 5.91 Å². The largest absolute Gasteiger partial charge is 1.00 e. The van der Waals surface area contributed by atoms with E-state index in [0.717, 1.165) is 64.1 Å². The van der Waals surface area contributed by atoms with Gasteiger partial charge in [-0.3, -0.25) is 4.79 Å². The number of anilines is 1. The van der Waals surface area contributed by atoms with Gasteiger partial charge in [0.05, 0.1) is 18.1 Å². The van der Waals surface area contributed by atoms with Gasteiger partial charge in [0.1, 0.15) is 32.5 Å².